The highest BCUT2D eigenvalue weighted by molar-refractivity contribution is 6.74. The van der Waals surface area contributed by atoms with E-state index in [-0.39, 0.29) is 29.3 Å². The van der Waals surface area contributed by atoms with Gasteiger partial charge in [-0.1, -0.05) is 27.7 Å². The highest BCUT2D eigenvalue weighted by Gasteiger charge is 2.40. The van der Waals surface area contributed by atoms with Crippen molar-refractivity contribution in [2.75, 3.05) is 6.61 Å². The normalized spacial score (nSPS) is 32.6. The second-order valence-corrected chi connectivity index (χ2v) is 15.8. The highest BCUT2D eigenvalue weighted by Crippen LogP contribution is 2.38. The van der Waals surface area contributed by atoms with Gasteiger partial charge < -0.3 is 23.4 Å². The Balaban J connectivity index is 1.91. The van der Waals surface area contributed by atoms with Crippen LogP contribution in [0.3, 0.4) is 0 Å². The predicted octanol–water partition coefficient (Wildman–Crippen LogP) is 5.40. The van der Waals surface area contributed by atoms with Gasteiger partial charge in [-0.25, -0.2) is 0 Å². The maximum absolute atomic E-state index is 11.3. The molecule has 6 nitrogen and oxygen atoms in total. The summed E-state index contributed by atoms with van der Waals surface area (Å²) >= 11 is 0. The summed E-state index contributed by atoms with van der Waals surface area (Å²) in [5, 5.41) is 0.207. The molecule has 2 aliphatic heterocycles. The van der Waals surface area contributed by atoms with Crippen molar-refractivity contribution >= 4 is 14.3 Å². The SMILES string of the molecule is CC(=O)OC1CC[C@H](C)[C@@H](C[C@@H]2C[C@H](CCO[Si](C)(C)C(C)(C)C)OC(C)(C)O2)O1. The molecule has 2 aliphatic rings. The summed E-state index contributed by atoms with van der Waals surface area (Å²) in [4.78, 5) is 11.3. The van der Waals surface area contributed by atoms with Crippen LogP contribution in [0.25, 0.3) is 0 Å². The number of hydrogen-bond acceptors (Lipinski definition) is 6. The molecule has 2 saturated heterocycles. The third-order valence-corrected chi connectivity index (χ3v) is 11.3. The first-order valence-electron chi connectivity index (χ1n) is 11.5. The van der Waals surface area contributed by atoms with E-state index in [1.807, 2.05) is 13.8 Å². The van der Waals surface area contributed by atoms with E-state index < -0.39 is 20.4 Å². The molecule has 0 aromatic heterocycles. The number of rotatable bonds is 7. The Bertz CT molecular complexity index is 571. The second-order valence-electron chi connectivity index (χ2n) is 11.0. The summed E-state index contributed by atoms with van der Waals surface area (Å²) in [5.41, 5.74) is 0. The molecule has 176 valence electrons. The molecule has 0 saturated carbocycles. The topological polar surface area (TPSA) is 63.2 Å². The van der Waals surface area contributed by atoms with Crippen LogP contribution in [-0.2, 0) is 28.2 Å². The average molecular weight is 445 g/mol. The summed E-state index contributed by atoms with van der Waals surface area (Å²) in [6, 6.07) is 0. The van der Waals surface area contributed by atoms with Gasteiger partial charge in [0.25, 0.3) is 0 Å². The molecular weight excluding hydrogens is 400 g/mol. The van der Waals surface area contributed by atoms with Crippen molar-refractivity contribution in [3.63, 3.8) is 0 Å². The fourth-order valence-electron chi connectivity index (χ4n) is 4.00. The minimum atomic E-state index is -1.76. The fraction of sp³-hybridized carbons (Fsp3) is 0.957. The molecule has 30 heavy (non-hydrogen) atoms. The summed E-state index contributed by atoms with van der Waals surface area (Å²) in [7, 11) is -1.76. The summed E-state index contributed by atoms with van der Waals surface area (Å²) in [6.45, 7) is 19.7. The Kier molecular flexibility index (Phi) is 8.58. The molecule has 0 aliphatic carbocycles. The van der Waals surface area contributed by atoms with Gasteiger partial charge >= 0.3 is 5.97 Å². The van der Waals surface area contributed by atoms with Crippen molar-refractivity contribution in [3.8, 4) is 0 Å². The lowest BCUT2D eigenvalue weighted by atomic mass is 9.90. The van der Waals surface area contributed by atoms with Gasteiger partial charge in [-0.3, -0.25) is 4.79 Å². The number of carbonyl (C=O) groups excluding carboxylic acids is 1. The first kappa shape index (κ1) is 25.8. The zero-order valence-corrected chi connectivity index (χ0v) is 21.6. The van der Waals surface area contributed by atoms with Crippen molar-refractivity contribution in [1.82, 2.24) is 0 Å². The highest BCUT2D eigenvalue weighted by atomic mass is 28.4. The van der Waals surface area contributed by atoms with Gasteiger partial charge in [0, 0.05) is 32.8 Å². The van der Waals surface area contributed by atoms with E-state index in [4.69, 9.17) is 23.4 Å². The van der Waals surface area contributed by atoms with Gasteiger partial charge in [0.1, 0.15) is 0 Å². The maximum atomic E-state index is 11.3. The number of hydrogen-bond donors (Lipinski definition) is 0. The molecule has 7 heteroatoms. The van der Waals surface area contributed by atoms with Crippen LogP contribution >= 0.6 is 0 Å². The molecule has 0 spiro atoms. The molecule has 0 radical (unpaired) electrons. The molecule has 0 aromatic carbocycles. The molecule has 5 atom stereocenters. The molecule has 2 rings (SSSR count). The van der Waals surface area contributed by atoms with Crippen molar-refractivity contribution in [1.29, 1.82) is 0 Å². The lowest BCUT2D eigenvalue weighted by molar-refractivity contribution is -0.308. The molecule has 0 amide bonds. The van der Waals surface area contributed by atoms with Crippen LogP contribution in [0.5, 0.6) is 0 Å². The molecule has 0 aromatic rings. The van der Waals surface area contributed by atoms with E-state index in [0.29, 0.717) is 5.92 Å². The second kappa shape index (κ2) is 9.99. The van der Waals surface area contributed by atoms with Gasteiger partial charge in [-0.2, -0.15) is 0 Å². The van der Waals surface area contributed by atoms with Crippen LogP contribution in [-0.4, -0.2) is 51.3 Å². The quantitative estimate of drug-likeness (QED) is 0.387. The third-order valence-electron chi connectivity index (χ3n) is 6.75. The molecule has 0 N–H and O–H groups in total. The van der Waals surface area contributed by atoms with Crippen LogP contribution in [0.4, 0.5) is 0 Å². The van der Waals surface area contributed by atoms with E-state index >= 15 is 0 Å². The van der Waals surface area contributed by atoms with E-state index in [9.17, 15) is 4.79 Å². The summed E-state index contributed by atoms with van der Waals surface area (Å²) in [5.74, 6) is -0.511. The Morgan fingerprint density at radius 3 is 2.37 bits per heavy atom. The van der Waals surface area contributed by atoms with Gasteiger partial charge in [0.2, 0.25) is 6.29 Å². The smallest absolute Gasteiger partial charge is 0.304 e. The number of ether oxygens (including phenoxy) is 4. The Labute approximate surface area is 184 Å². The Hall–Kier alpha value is -0.473. The van der Waals surface area contributed by atoms with Crippen LogP contribution < -0.4 is 0 Å². The van der Waals surface area contributed by atoms with Crippen LogP contribution in [0, 0.1) is 5.92 Å². The summed E-state index contributed by atoms with van der Waals surface area (Å²) < 4.78 is 30.2. The first-order valence-corrected chi connectivity index (χ1v) is 14.4. The predicted molar refractivity (Wildman–Crippen MR) is 120 cm³/mol. The average Bonchev–Trinajstić information content (AvgIpc) is 2.55. The minimum Gasteiger partial charge on any atom is -0.436 e. The van der Waals surface area contributed by atoms with E-state index in [1.165, 1.54) is 6.92 Å². The van der Waals surface area contributed by atoms with E-state index in [0.717, 1.165) is 38.7 Å². The van der Waals surface area contributed by atoms with Gasteiger partial charge in [0.05, 0.1) is 18.3 Å². The van der Waals surface area contributed by atoms with Crippen LogP contribution in [0.2, 0.25) is 18.1 Å². The molecule has 1 unspecified atom stereocenters. The minimum absolute atomic E-state index is 0.0196. The van der Waals surface area contributed by atoms with Crippen molar-refractivity contribution < 1.29 is 28.2 Å². The van der Waals surface area contributed by atoms with Crippen molar-refractivity contribution in [2.45, 2.75) is 129 Å². The standard InChI is InChI=1S/C23H44O6Si/c1-16-10-11-21(26-17(2)24)27-20(16)15-19-14-18(28-23(6,7)29-19)12-13-25-30(8,9)22(3,4)5/h16,18-21H,10-15H2,1-9H3/t16-,18-,19-,20+,21?/m0/s1. The molecule has 0 bridgehead atoms. The molecular formula is C23H44O6Si. The zero-order chi connectivity index (χ0) is 22.7. The first-order chi connectivity index (χ1) is 13.7. The number of carbonyl (C=O) groups is 1. The van der Waals surface area contributed by atoms with Gasteiger partial charge in [-0.15, -0.1) is 0 Å². The monoisotopic (exact) mass is 444 g/mol. The van der Waals surface area contributed by atoms with E-state index in [2.05, 4.69) is 40.8 Å². The van der Waals surface area contributed by atoms with Gasteiger partial charge in [-0.05, 0) is 50.7 Å². The van der Waals surface area contributed by atoms with Gasteiger partial charge in [0.15, 0.2) is 14.1 Å². The fourth-order valence-corrected chi connectivity index (χ4v) is 5.07. The lowest BCUT2D eigenvalue weighted by Crippen LogP contribution is -2.48. The summed E-state index contributed by atoms with van der Waals surface area (Å²) in [6.07, 6.45) is 3.95. The van der Waals surface area contributed by atoms with Crippen molar-refractivity contribution in [3.05, 3.63) is 0 Å². The maximum Gasteiger partial charge on any atom is 0.304 e. The zero-order valence-electron chi connectivity index (χ0n) is 20.6. The molecule has 2 fully saturated rings. The largest absolute Gasteiger partial charge is 0.436 e. The Morgan fingerprint density at radius 2 is 1.77 bits per heavy atom. The number of esters is 1. The van der Waals surface area contributed by atoms with Crippen LogP contribution in [0.15, 0.2) is 0 Å². The van der Waals surface area contributed by atoms with Crippen LogP contribution in [0.1, 0.15) is 80.6 Å². The van der Waals surface area contributed by atoms with E-state index in [1.54, 1.807) is 0 Å². The third kappa shape index (κ3) is 7.59. The van der Waals surface area contributed by atoms with Crippen molar-refractivity contribution in [2.24, 2.45) is 5.92 Å². The lowest BCUT2D eigenvalue weighted by Gasteiger charge is -2.44. The molecule has 2 heterocycles. The Morgan fingerprint density at radius 1 is 1.13 bits per heavy atom.